The van der Waals surface area contributed by atoms with Crippen LogP contribution in [0.15, 0.2) is 53.7 Å². The van der Waals surface area contributed by atoms with Gasteiger partial charge in [0.25, 0.3) is 0 Å². The van der Waals surface area contributed by atoms with E-state index in [1.165, 1.54) is 28.8 Å². The van der Waals surface area contributed by atoms with Crippen molar-refractivity contribution in [1.29, 1.82) is 0 Å². The number of hydrogen-bond acceptors (Lipinski definition) is 3. The van der Waals surface area contributed by atoms with Crippen LogP contribution in [0.2, 0.25) is 0 Å². The van der Waals surface area contributed by atoms with Gasteiger partial charge >= 0.3 is 0 Å². The summed E-state index contributed by atoms with van der Waals surface area (Å²) in [6.45, 7) is 3.69. The van der Waals surface area contributed by atoms with E-state index in [0.717, 1.165) is 48.5 Å². The van der Waals surface area contributed by atoms with Gasteiger partial charge in [-0.3, -0.25) is 4.99 Å². The molecule has 0 spiro atoms. The number of aliphatic imine (C=N–C) groups is 1. The average molecular weight is 426 g/mol. The molecule has 30 heavy (non-hydrogen) atoms. The van der Waals surface area contributed by atoms with Crippen molar-refractivity contribution in [2.75, 3.05) is 43.1 Å². The van der Waals surface area contributed by atoms with Crippen molar-refractivity contribution in [1.82, 2.24) is 15.6 Å². The molecule has 5 nitrogen and oxygen atoms in total. The predicted octanol–water partition coefficient (Wildman–Crippen LogP) is 3.77. The van der Waals surface area contributed by atoms with E-state index in [4.69, 9.17) is 0 Å². The van der Waals surface area contributed by atoms with E-state index in [2.05, 4.69) is 49.8 Å². The zero-order valence-corrected chi connectivity index (χ0v) is 18.1. The average Bonchev–Trinajstić information content (AvgIpc) is 3.19. The van der Waals surface area contributed by atoms with Crippen LogP contribution >= 0.6 is 11.8 Å². The second-order valence-corrected chi connectivity index (χ2v) is 8.60. The van der Waals surface area contributed by atoms with Crippen LogP contribution in [0.3, 0.4) is 0 Å². The number of H-pyrrole nitrogens is 1. The highest BCUT2D eigenvalue weighted by Crippen LogP contribution is 2.20. The molecule has 0 bridgehead atoms. The molecular weight excluding hydrogens is 397 g/mol. The van der Waals surface area contributed by atoms with Crippen LogP contribution < -0.4 is 15.5 Å². The molecule has 3 aromatic rings. The van der Waals surface area contributed by atoms with Gasteiger partial charge in [-0.05, 0) is 47.9 Å². The molecule has 158 valence electrons. The number of anilines is 1. The first kappa shape index (κ1) is 20.6. The van der Waals surface area contributed by atoms with Gasteiger partial charge in [-0.2, -0.15) is 11.8 Å². The molecule has 2 aromatic carbocycles. The summed E-state index contributed by atoms with van der Waals surface area (Å²) in [6, 6.07) is 13.6. The minimum atomic E-state index is -0.209. The summed E-state index contributed by atoms with van der Waals surface area (Å²) in [5.41, 5.74) is 4.58. The van der Waals surface area contributed by atoms with Gasteiger partial charge in [0.15, 0.2) is 5.96 Å². The molecular formula is C23H28FN5S. The van der Waals surface area contributed by atoms with E-state index in [9.17, 15) is 4.39 Å². The lowest BCUT2D eigenvalue weighted by Crippen LogP contribution is -2.37. The summed E-state index contributed by atoms with van der Waals surface area (Å²) in [5, 5.41) is 7.64. The fraction of sp³-hybridized carbons (Fsp3) is 0.348. The van der Waals surface area contributed by atoms with Crippen LogP contribution in [-0.2, 0) is 13.0 Å². The third-order valence-corrected chi connectivity index (χ3v) is 6.35. The zero-order valence-electron chi connectivity index (χ0n) is 17.2. The van der Waals surface area contributed by atoms with Crippen LogP contribution in [-0.4, -0.2) is 49.1 Å². The third-order valence-electron chi connectivity index (χ3n) is 5.41. The van der Waals surface area contributed by atoms with Gasteiger partial charge in [0.1, 0.15) is 5.82 Å². The maximum absolute atomic E-state index is 13.5. The number of nitrogens with zero attached hydrogens (tertiary/aromatic N) is 2. The standard InChI is InChI=1S/C23H28FN5S/c1-25-23(26-9-8-18-16-27-22-7-4-19(24)14-21(18)22)28-15-17-2-5-20(6-3-17)29-10-12-30-13-11-29/h2-7,14,16,27H,8-13,15H2,1H3,(H2,25,26,28). The molecule has 1 aliphatic heterocycles. The first-order valence-corrected chi connectivity index (χ1v) is 11.5. The minimum absolute atomic E-state index is 0.209. The molecule has 0 radical (unpaired) electrons. The molecule has 2 heterocycles. The summed E-state index contributed by atoms with van der Waals surface area (Å²) in [4.78, 5) is 9.95. The maximum Gasteiger partial charge on any atom is 0.191 e. The van der Waals surface area contributed by atoms with Crippen molar-refractivity contribution in [3.63, 3.8) is 0 Å². The van der Waals surface area contributed by atoms with Crippen molar-refractivity contribution in [2.24, 2.45) is 4.99 Å². The Morgan fingerprint density at radius 2 is 1.93 bits per heavy atom. The topological polar surface area (TPSA) is 55.5 Å². The number of aromatic amines is 1. The largest absolute Gasteiger partial charge is 0.370 e. The van der Waals surface area contributed by atoms with Crippen molar-refractivity contribution in [3.05, 3.63) is 65.6 Å². The Hall–Kier alpha value is -2.67. The van der Waals surface area contributed by atoms with E-state index >= 15 is 0 Å². The summed E-state index contributed by atoms with van der Waals surface area (Å²) in [7, 11) is 1.77. The van der Waals surface area contributed by atoms with Gasteiger partial charge in [0.05, 0.1) is 0 Å². The van der Waals surface area contributed by atoms with Gasteiger partial charge in [0.2, 0.25) is 0 Å². The Bertz CT molecular complexity index is 993. The fourth-order valence-electron chi connectivity index (χ4n) is 3.73. The molecule has 0 aliphatic carbocycles. The third kappa shape index (κ3) is 5.08. The van der Waals surface area contributed by atoms with E-state index < -0.39 is 0 Å². The second-order valence-electron chi connectivity index (χ2n) is 7.37. The number of halogens is 1. The van der Waals surface area contributed by atoms with Crippen LogP contribution in [0.1, 0.15) is 11.1 Å². The lowest BCUT2D eigenvalue weighted by atomic mass is 10.1. The molecule has 0 atom stereocenters. The first-order valence-electron chi connectivity index (χ1n) is 10.3. The number of nitrogens with one attached hydrogen (secondary N) is 3. The number of rotatable bonds is 6. The van der Waals surface area contributed by atoms with E-state index in [1.807, 2.05) is 18.0 Å². The normalized spacial score (nSPS) is 14.9. The highest BCUT2D eigenvalue weighted by Gasteiger charge is 2.11. The van der Waals surface area contributed by atoms with E-state index in [1.54, 1.807) is 19.2 Å². The van der Waals surface area contributed by atoms with Gasteiger partial charge < -0.3 is 20.5 Å². The quantitative estimate of drug-likeness (QED) is 0.416. The Kier molecular flexibility index (Phi) is 6.79. The van der Waals surface area contributed by atoms with Gasteiger partial charge in [-0.25, -0.2) is 4.39 Å². The fourth-order valence-corrected chi connectivity index (χ4v) is 4.63. The lowest BCUT2D eigenvalue weighted by molar-refractivity contribution is 0.629. The number of guanidine groups is 1. The summed E-state index contributed by atoms with van der Waals surface area (Å²) >= 11 is 2.03. The van der Waals surface area contributed by atoms with Gasteiger partial charge in [-0.15, -0.1) is 0 Å². The van der Waals surface area contributed by atoms with Crippen molar-refractivity contribution in [3.8, 4) is 0 Å². The molecule has 0 amide bonds. The molecule has 1 saturated heterocycles. The van der Waals surface area contributed by atoms with Crippen LogP contribution in [0.4, 0.5) is 10.1 Å². The van der Waals surface area contributed by atoms with Gasteiger partial charge in [0, 0.05) is 67.5 Å². The summed E-state index contributed by atoms with van der Waals surface area (Å²) in [6.07, 6.45) is 2.73. The smallest absolute Gasteiger partial charge is 0.191 e. The van der Waals surface area contributed by atoms with Crippen molar-refractivity contribution >= 4 is 34.3 Å². The Morgan fingerprint density at radius 1 is 1.13 bits per heavy atom. The van der Waals surface area contributed by atoms with Crippen molar-refractivity contribution < 1.29 is 4.39 Å². The number of hydrogen-bond donors (Lipinski definition) is 3. The molecule has 0 saturated carbocycles. The molecule has 0 unspecified atom stereocenters. The Balaban J connectivity index is 1.26. The predicted molar refractivity (Wildman–Crippen MR) is 126 cm³/mol. The maximum atomic E-state index is 13.5. The van der Waals surface area contributed by atoms with E-state index in [-0.39, 0.29) is 5.82 Å². The van der Waals surface area contributed by atoms with Crippen LogP contribution in [0, 0.1) is 5.82 Å². The first-order chi connectivity index (χ1) is 14.7. The Labute approximate surface area is 181 Å². The summed E-state index contributed by atoms with van der Waals surface area (Å²) < 4.78 is 13.5. The highest BCUT2D eigenvalue weighted by atomic mass is 32.2. The summed E-state index contributed by atoms with van der Waals surface area (Å²) in [5.74, 6) is 2.97. The number of thioether (sulfide) groups is 1. The highest BCUT2D eigenvalue weighted by molar-refractivity contribution is 7.99. The Morgan fingerprint density at radius 3 is 2.70 bits per heavy atom. The monoisotopic (exact) mass is 425 g/mol. The zero-order chi connectivity index (χ0) is 20.8. The molecule has 4 rings (SSSR count). The van der Waals surface area contributed by atoms with Crippen LogP contribution in [0.25, 0.3) is 10.9 Å². The van der Waals surface area contributed by atoms with Crippen molar-refractivity contribution in [2.45, 2.75) is 13.0 Å². The molecule has 3 N–H and O–H groups in total. The molecule has 1 fully saturated rings. The van der Waals surface area contributed by atoms with Gasteiger partial charge in [-0.1, -0.05) is 12.1 Å². The number of aromatic nitrogens is 1. The van der Waals surface area contributed by atoms with Crippen LogP contribution in [0.5, 0.6) is 0 Å². The second kappa shape index (κ2) is 9.89. The number of fused-ring (bicyclic) bond motifs is 1. The minimum Gasteiger partial charge on any atom is -0.370 e. The molecule has 1 aliphatic rings. The molecule has 1 aromatic heterocycles. The SMILES string of the molecule is CN=C(NCCc1c[nH]c2ccc(F)cc12)NCc1ccc(N2CCSCC2)cc1. The lowest BCUT2D eigenvalue weighted by Gasteiger charge is -2.28. The van der Waals surface area contributed by atoms with E-state index in [0.29, 0.717) is 6.54 Å². The number of benzene rings is 2. The molecule has 7 heteroatoms.